The van der Waals surface area contributed by atoms with Crippen molar-refractivity contribution in [3.8, 4) is 5.75 Å². The molecule has 0 amide bonds. The molecule has 0 heterocycles. The lowest BCUT2D eigenvalue weighted by molar-refractivity contribution is 0.0600. The summed E-state index contributed by atoms with van der Waals surface area (Å²) in [6, 6.07) is 15.4. The van der Waals surface area contributed by atoms with Gasteiger partial charge in [0.25, 0.3) is 0 Å². The number of rotatable bonds is 9. The molecule has 0 spiro atoms. The van der Waals surface area contributed by atoms with Gasteiger partial charge in [-0.25, -0.2) is 4.79 Å². The van der Waals surface area contributed by atoms with E-state index in [0.29, 0.717) is 5.56 Å². The maximum atomic E-state index is 11.4. The Labute approximate surface area is 150 Å². The van der Waals surface area contributed by atoms with Crippen molar-refractivity contribution in [3.63, 3.8) is 0 Å². The van der Waals surface area contributed by atoms with Crippen LogP contribution in [0.2, 0.25) is 0 Å². The van der Waals surface area contributed by atoms with Gasteiger partial charge < -0.3 is 9.47 Å². The predicted octanol–water partition coefficient (Wildman–Crippen LogP) is 5.60. The highest BCUT2D eigenvalue weighted by atomic mass is 16.5. The molecule has 0 unspecified atom stereocenters. The molecule has 2 aromatic carbocycles. The molecule has 0 saturated heterocycles. The first-order valence-corrected chi connectivity index (χ1v) is 8.82. The topological polar surface area (TPSA) is 35.5 Å². The summed E-state index contributed by atoms with van der Waals surface area (Å²) < 4.78 is 10.4. The second kappa shape index (κ2) is 10.3. The molecule has 0 fully saturated rings. The van der Waals surface area contributed by atoms with Crippen LogP contribution in [0, 0.1) is 0 Å². The first kappa shape index (κ1) is 18.8. The Morgan fingerprint density at radius 2 is 1.48 bits per heavy atom. The SMILES string of the molecule is CCCCCCOc1ccc(/C=C/c2ccc(C(=O)OC)cc2)cc1. The summed E-state index contributed by atoms with van der Waals surface area (Å²) in [4.78, 5) is 11.4. The van der Waals surface area contributed by atoms with E-state index in [9.17, 15) is 4.79 Å². The number of benzene rings is 2. The molecule has 3 nitrogen and oxygen atoms in total. The van der Waals surface area contributed by atoms with Gasteiger partial charge in [-0.2, -0.15) is 0 Å². The molecule has 0 atom stereocenters. The van der Waals surface area contributed by atoms with Crippen molar-refractivity contribution in [2.24, 2.45) is 0 Å². The van der Waals surface area contributed by atoms with Crippen LogP contribution in [0.1, 0.15) is 54.1 Å². The van der Waals surface area contributed by atoms with Crippen LogP contribution in [0.4, 0.5) is 0 Å². The van der Waals surface area contributed by atoms with Crippen molar-refractivity contribution in [1.82, 2.24) is 0 Å². The number of methoxy groups -OCH3 is 1. The molecular weight excluding hydrogens is 312 g/mol. The third-order valence-corrected chi connectivity index (χ3v) is 3.95. The summed E-state index contributed by atoms with van der Waals surface area (Å²) in [5.41, 5.74) is 2.69. The maximum absolute atomic E-state index is 11.4. The zero-order valence-electron chi connectivity index (χ0n) is 15.0. The lowest BCUT2D eigenvalue weighted by atomic mass is 10.1. The van der Waals surface area contributed by atoms with Crippen LogP contribution in [-0.2, 0) is 4.74 Å². The zero-order chi connectivity index (χ0) is 17.9. The fourth-order valence-electron chi connectivity index (χ4n) is 2.43. The number of hydrogen-bond donors (Lipinski definition) is 0. The van der Waals surface area contributed by atoms with E-state index in [4.69, 9.17) is 9.47 Å². The molecule has 0 radical (unpaired) electrons. The van der Waals surface area contributed by atoms with E-state index in [2.05, 4.69) is 6.92 Å². The lowest BCUT2D eigenvalue weighted by Crippen LogP contribution is -2.00. The Bertz CT molecular complexity index is 669. The molecule has 0 N–H and O–H groups in total. The van der Waals surface area contributed by atoms with E-state index < -0.39 is 0 Å². The molecule has 2 rings (SSSR count). The first-order valence-electron chi connectivity index (χ1n) is 8.82. The summed E-state index contributed by atoms with van der Waals surface area (Å²) in [5.74, 6) is 0.594. The minimum atomic E-state index is -0.319. The Kier molecular flexibility index (Phi) is 7.77. The van der Waals surface area contributed by atoms with Gasteiger partial charge in [-0.15, -0.1) is 0 Å². The van der Waals surface area contributed by atoms with Gasteiger partial charge >= 0.3 is 5.97 Å². The number of esters is 1. The highest BCUT2D eigenvalue weighted by molar-refractivity contribution is 5.89. The van der Waals surface area contributed by atoms with Crippen LogP contribution in [-0.4, -0.2) is 19.7 Å². The second-order valence-corrected chi connectivity index (χ2v) is 5.93. The van der Waals surface area contributed by atoms with E-state index in [1.54, 1.807) is 12.1 Å². The van der Waals surface area contributed by atoms with E-state index in [1.165, 1.54) is 26.4 Å². The number of unbranched alkanes of at least 4 members (excludes halogenated alkanes) is 3. The molecule has 0 aromatic heterocycles. The Balaban J connectivity index is 1.85. The van der Waals surface area contributed by atoms with Crippen LogP contribution < -0.4 is 4.74 Å². The van der Waals surface area contributed by atoms with E-state index in [-0.39, 0.29) is 5.97 Å². The predicted molar refractivity (Wildman–Crippen MR) is 103 cm³/mol. The Hall–Kier alpha value is -2.55. The van der Waals surface area contributed by atoms with Gasteiger partial charge in [0, 0.05) is 0 Å². The van der Waals surface area contributed by atoms with Gasteiger partial charge in [-0.1, -0.05) is 62.6 Å². The van der Waals surface area contributed by atoms with Gasteiger partial charge in [-0.05, 0) is 41.8 Å². The molecule has 132 valence electrons. The molecule has 2 aromatic rings. The van der Waals surface area contributed by atoms with Crippen molar-refractivity contribution in [1.29, 1.82) is 0 Å². The third-order valence-electron chi connectivity index (χ3n) is 3.95. The fraction of sp³-hybridized carbons (Fsp3) is 0.318. The van der Waals surface area contributed by atoms with E-state index in [0.717, 1.165) is 29.9 Å². The highest BCUT2D eigenvalue weighted by Crippen LogP contribution is 2.16. The van der Waals surface area contributed by atoms with Gasteiger partial charge in [-0.3, -0.25) is 0 Å². The molecular formula is C22H26O3. The summed E-state index contributed by atoms with van der Waals surface area (Å²) in [5, 5.41) is 0. The Morgan fingerprint density at radius 1 is 0.880 bits per heavy atom. The average molecular weight is 338 g/mol. The van der Waals surface area contributed by atoms with E-state index >= 15 is 0 Å². The van der Waals surface area contributed by atoms with Gasteiger partial charge in [0.1, 0.15) is 5.75 Å². The number of carbonyl (C=O) groups excluding carboxylic acids is 1. The van der Waals surface area contributed by atoms with Gasteiger partial charge in [0.15, 0.2) is 0 Å². The van der Waals surface area contributed by atoms with Crippen LogP contribution in [0.25, 0.3) is 12.2 Å². The van der Waals surface area contributed by atoms with Crippen molar-refractivity contribution >= 4 is 18.1 Å². The molecule has 0 aliphatic carbocycles. The van der Waals surface area contributed by atoms with Crippen LogP contribution in [0.3, 0.4) is 0 Å². The van der Waals surface area contributed by atoms with Crippen LogP contribution in [0.5, 0.6) is 5.75 Å². The van der Waals surface area contributed by atoms with Crippen molar-refractivity contribution in [2.75, 3.05) is 13.7 Å². The smallest absolute Gasteiger partial charge is 0.337 e. The molecule has 0 bridgehead atoms. The van der Waals surface area contributed by atoms with Crippen LogP contribution >= 0.6 is 0 Å². The quantitative estimate of drug-likeness (QED) is 0.339. The minimum absolute atomic E-state index is 0.319. The van der Waals surface area contributed by atoms with Crippen LogP contribution in [0.15, 0.2) is 48.5 Å². The highest BCUT2D eigenvalue weighted by Gasteiger charge is 2.03. The molecule has 25 heavy (non-hydrogen) atoms. The monoisotopic (exact) mass is 338 g/mol. The maximum Gasteiger partial charge on any atom is 0.337 e. The third kappa shape index (κ3) is 6.46. The second-order valence-electron chi connectivity index (χ2n) is 5.93. The summed E-state index contributed by atoms with van der Waals surface area (Å²) in [6.07, 6.45) is 8.91. The van der Waals surface area contributed by atoms with Crippen molar-refractivity contribution in [3.05, 3.63) is 65.2 Å². The average Bonchev–Trinajstić information content (AvgIpc) is 2.67. The zero-order valence-corrected chi connectivity index (χ0v) is 15.0. The molecule has 0 aliphatic rings. The minimum Gasteiger partial charge on any atom is -0.494 e. The summed E-state index contributed by atoms with van der Waals surface area (Å²) in [7, 11) is 1.38. The Morgan fingerprint density at radius 3 is 2.04 bits per heavy atom. The number of carbonyl (C=O) groups is 1. The molecule has 0 aliphatic heterocycles. The van der Waals surface area contributed by atoms with E-state index in [1.807, 2.05) is 48.6 Å². The standard InChI is InChI=1S/C22H26O3/c1-3-4-5-6-17-25-21-15-11-19(12-16-21)8-7-18-9-13-20(14-10-18)22(23)24-2/h7-16H,3-6,17H2,1-2H3/b8-7+. The first-order chi connectivity index (χ1) is 12.2. The summed E-state index contributed by atoms with van der Waals surface area (Å²) >= 11 is 0. The normalized spacial score (nSPS) is 10.8. The van der Waals surface area contributed by atoms with Crippen molar-refractivity contribution < 1.29 is 14.3 Å². The molecule has 3 heteroatoms. The number of hydrogen-bond acceptors (Lipinski definition) is 3. The summed E-state index contributed by atoms with van der Waals surface area (Å²) in [6.45, 7) is 2.99. The van der Waals surface area contributed by atoms with Gasteiger partial charge in [0.05, 0.1) is 19.3 Å². The largest absolute Gasteiger partial charge is 0.494 e. The fourth-order valence-corrected chi connectivity index (χ4v) is 2.43. The number of ether oxygens (including phenoxy) is 2. The van der Waals surface area contributed by atoms with Crippen molar-refractivity contribution in [2.45, 2.75) is 32.6 Å². The lowest BCUT2D eigenvalue weighted by Gasteiger charge is -2.06. The molecule has 0 saturated carbocycles. The van der Waals surface area contributed by atoms with Gasteiger partial charge in [0.2, 0.25) is 0 Å².